The molecule has 2 aromatic rings. The molecule has 1 N–H and O–H groups in total. The van der Waals surface area contributed by atoms with Gasteiger partial charge in [-0.15, -0.1) is 0 Å². The summed E-state index contributed by atoms with van der Waals surface area (Å²) in [7, 11) is 1.89. The minimum absolute atomic E-state index is 0.145. The number of hydrogen-bond acceptors (Lipinski definition) is 5. The van der Waals surface area contributed by atoms with Gasteiger partial charge in [0.05, 0.1) is 11.3 Å². The molecule has 0 saturated heterocycles. The minimum atomic E-state index is 0.145. The van der Waals surface area contributed by atoms with Crippen molar-refractivity contribution in [3.63, 3.8) is 0 Å². The number of carbonyl (C=O) groups is 1. The molecule has 0 aliphatic rings. The van der Waals surface area contributed by atoms with E-state index < -0.39 is 0 Å². The summed E-state index contributed by atoms with van der Waals surface area (Å²) < 4.78 is 1.82. The van der Waals surface area contributed by atoms with E-state index in [2.05, 4.69) is 20.4 Å². The highest BCUT2D eigenvalue weighted by Crippen LogP contribution is 2.19. The quantitative estimate of drug-likeness (QED) is 0.684. The monoisotopic (exact) mass is 279 g/mol. The van der Waals surface area contributed by atoms with Crippen LogP contribution in [0.5, 0.6) is 0 Å². The number of aryl methyl sites for hydroxylation is 2. The van der Waals surface area contributed by atoms with Gasteiger partial charge in [-0.2, -0.15) is 5.10 Å². The zero-order valence-electron chi connectivity index (χ0n) is 10.9. The highest BCUT2D eigenvalue weighted by molar-refractivity contribution is 6.32. The van der Waals surface area contributed by atoms with Crippen molar-refractivity contribution >= 4 is 23.7 Å². The fourth-order valence-electron chi connectivity index (χ4n) is 1.86. The fraction of sp³-hybridized carbons (Fsp3) is 0.333. The van der Waals surface area contributed by atoms with Crippen molar-refractivity contribution in [3.8, 4) is 0 Å². The summed E-state index contributed by atoms with van der Waals surface area (Å²) in [6.07, 6.45) is 1.97. The first-order valence-corrected chi connectivity index (χ1v) is 6.11. The standard InChI is InChI=1S/C12H14ClN5O/c1-7-9(8(2)18(3)17-7)4-14-12-10(5-19)11(13)15-6-16-12/h5-6H,4H2,1-3H3,(H,14,15,16). The molecule has 0 bridgehead atoms. The summed E-state index contributed by atoms with van der Waals surface area (Å²) in [6.45, 7) is 4.46. The summed E-state index contributed by atoms with van der Waals surface area (Å²) in [5.74, 6) is 0.428. The van der Waals surface area contributed by atoms with Crippen molar-refractivity contribution in [2.75, 3.05) is 5.32 Å². The Kier molecular flexibility index (Phi) is 3.80. The number of aldehydes is 1. The molecule has 0 unspecified atom stereocenters. The average molecular weight is 280 g/mol. The van der Waals surface area contributed by atoms with Crippen molar-refractivity contribution in [1.29, 1.82) is 0 Å². The molecule has 0 radical (unpaired) electrons. The number of nitrogens with zero attached hydrogens (tertiary/aromatic N) is 4. The predicted octanol–water partition coefficient (Wildman–Crippen LogP) is 1.90. The number of hydrogen-bond donors (Lipinski definition) is 1. The van der Waals surface area contributed by atoms with Gasteiger partial charge in [0.2, 0.25) is 0 Å². The number of rotatable bonds is 4. The molecule has 19 heavy (non-hydrogen) atoms. The zero-order valence-corrected chi connectivity index (χ0v) is 11.7. The maximum absolute atomic E-state index is 11.0. The van der Waals surface area contributed by atoms with Gasteiger partial charge >= 0.3 is 0 Å². The Bertz CT molecular complexity index is 623. The normalized spacial score (nSPS) is 10.5. The largest absolute Gasteiger partial charge is 0.365 e. The van der Waals surface area contributed by atoms with Gasteiger partial charge in [0.25, 0.3) is 0 Å². The summed E-state index contributed by atoms with van der Waals surface area (Å²) in [4.78, 5) is 18.8. The summed E-state index contributed by atoms with van der Waals surface area (Å²) >= 11 is 5.84. The van der Waals surface area contributed by atoms with Crippen LogP contribution in [0.25, 0.3) is 0 Å². The second-order valence-corrected chi connectivity index (χ2v) is 4.53. The second-order valence-electron chi connectivity index (χ2n) is 4.17. The van der Waals surface area contributed by atoms with Gasteiger partial charge in [0.1, 0.15) is 17.3 Å². The maximum atomic E-state index is 11.0. The molecule has 7 heteroatoms. The highest BCUT2D eigenvalue weighted by Gasteiger charge is 2.12. The van der Waals surface area contributed by atoms with Crippen LogP contribution in [0.2, 0.25) is 5.15 Å². The maximum Gasteiger partial charge on any atom is 0.156 e. The lowest BCUT2D eigenvalue weighted by atomic mass is 10.2. The third-order valence-corrected chi connectivity index (χ3v) is 3.35. The Morgan fingerprint density at radius 1 is 1.42 bits per heavy atom. The Balaban J connectivity index is 2.24. The Morgan fingerprint density at radius 3 is 2.74 bits per heavy atom. The van der Waals surface area contributed by atoms with Gasteiger partial charge in [-0.25, -0.2) is 9.97 Å². The first-order chi connectivity index (χ1) is 9.04. The van der Waals surface area contributed by atoms with E-state index in [1.54, 1.807) is 0 Å². The van der Waals surface area contributed by atoms with Crippen LogP contribution in [0.1, 0.15) is 27.3 Å². The van der Waals surface area contributed by atoms with Crippen molar-refractivity contribution in [1.82, 2.24) is 19.7 Å². The van der Waals surface area contributed by atoms with Gasteiger partial charge in [-0.1, -0.05) is 11.6 Å². The van der Waals surface area contributed by atoms with Crippen LogP contribution in [0.3, 0.4) is 0 Å². The van der Waals surface area contributed by atoms with E-state index in [9.17, 15) is 4.79 Å². The van der Waals surface area contributed by atoms with Crippen molar-refractivity contribution in [2.24, 2.45) is 7.05 Å². The smallest absolute Gasteiger partial charge is 0.156 e. The molecule has 0 spiro atoms. The number of anilines is 1. The zero-order chi connectivity index (χ0) is 14.0. The van der Waals surface area contributed by atoms with Gasteiger partial charge in [0.15, 0.2) is 6.29 Å². The molecule has 100 valence electrons. The molecule has 2 rings (SSSR count). The van der Waals surface area contributed by atoms with E-state index in [0.717, 1.165) is 17.0 Å². The SMILES string of the molecule is Cc1nn(C)c(C)c1CNc1ncnc(Cl)c1C=O. The summed E-state index contributed by atoms with van der Waals surface area (Å²) in [6, 6.07) is 0. The van der Waals surface area contributed by atoms with Crippen LogP contribution in [-0.2, 0) is 13.6 Å². The van der Waals surface area contributed by atoms with Crippen LogP contribution < -0.4 is 5.32 Å². The predicted molar refractivity (Wildman–Crippen MR) is 72.4 cm³/mol. The number of aromatic nitrogens is 4. The Hall–Kier alpha value is -1.95. The average Bonchev–Trinajstić information content (AvgIpc) is 2.61. The molecule has 0 fully saturated rings. The number of carbonyl (C=O) groups excluding carboxylic acids is 1. The third kappa shape index (κ3) is 2.58. The van der Waals surface area contributed by atoms with E-state index in [1.165, 1.54) is 6.33 Å². The van der Waals surface area contributed by atoms with E-state index in [1.807, 2.05) is 25.6 Å². The highest BCUT2D eigenvalue weighted by atomic mass is 35.5. The summed E-state index contributed by atoms with van der Waals surface area (Å²) in [5.41, 5.74) is 3.36. The van der Waals surface area contributed by atoms with Gasteiger partial charge in [-0.05, 0) is 13.8 Å². The van der Waals surface area contributed by atoms with E-state index in [4.69, 9.17) is 11.6 Å². The van der Waals surface area contributed by atoms with Gasteiger partial charge < -0.3 is 5.32 Å². The second kappa shape index (κ2) is 5.36. The Labute approximate surface area is 115 Å². The van der Waals surface area contributed by atoms with E-state index >= 15 is 0 Å². The Morgan fingerprint density at radius 2 is 2.16 bits per heavy atom. The van der Waals surface area contributed by atoms with Gasteiger partial charge in [0, 0.05) is 24.8 Å². The molecule has 0 aliphatic heterocycles. The summed E-state index contributed by atoms with van der Waals surface area (Å²) in [5, 5.41) is 7.57. The van der Waals surface area contributed by atoms with Gasteiger partial charge in [-0.3, -0.25) is 9.48 Å². The lowest BCUT2D eigenvalue weighted by Crippen LogP contribution is -2.07. The van der Waals surface area contributed by atoms with Crippen LogP contribution in [0.15, 0.2) is 6.33 Å². The molecule has 0 aromatic carbocycles. The van der Waals surface area contributed by atoms with E-state index in [0.29, 0.717) is 18.6 Å². The molecule has 0 atom stereocenters. The van der Waals surface area contributed by atoms with Crippen molar-refractivity contribution < 1.29 is 4.79 Å². The lowest BCUT2D eigenvalue weighted by molar-refractivity contribution is 0.112. The molecule has 6 nitrogen and oxygen atoms in total. The van der Waals surface area contributed by atoms with E-state index in [-0.39, 0.29) is 10.7 Å². The van der Waals surface area contributed by atoms with Crippen LogP contribution in [-0.4, -0.2) is 26.0 Å². The van der Waals surface area contributed by atoms with Crippen molar-refractivity contribution in [2.45, 2.75) is 20.4 Å². The third-order valence-electron chi connectivity index (χ3n) is 3.04. The molecule has 0 aliphatic carbocycles. The molecular weight excluding hydrogens is 266 g/mol. The molecular formula is C12H14ClN5O. The number of halogens is 1. The first kappa shape index (κ1) is 13.5. The molecule has 2 heterocycles. The number of nitrogens with one attached hydrogen (secondary N) is 1. The molecule has 0 saturated carbocycles. The molecule has 2 aromatic heterocycles. The minimum Gasteiger partial charge on any atom is -0.365 e. The first-order valence-electron chi connectivity index (χ1n) is 5.73. The van der Waals surface area contributed by atoms with Crippen LogP contribution in [0.4, 0.5) is 5.82 Å². The van der Waals surface area contributed by atoms with Crippen molar-refractivity contribution in [3.05, 3.63) is 34.0 Å². The topological polar surface area (TPSA) is 72.7 Å². The van der Waals surface area contributed by atoms with Crippen LogP contribution in [0, 0.1) is 13.8 Å². The fourth-order valence-corrected chi connectivity index (χ4v) is 2.04. The lowest BCUT2D eigenvalue weighted by Gasteiger charge is -2.08. The molecule has 0 amide bonds. The van der Waals surface area contributed by atoms with Crippen LogP contribution >= 0.6 is 11.6 Å².